The second kappa shape index (κ2) is 3.84. The number of nitrogens with one attached hydrogen (secondary N) is 1. The minimum atomic E-state index is -0.0872. The average molecular weight is 239 g/mol. The molecule has 0 amide bonds. The first-order chi connectivity index (χ1) is 8.65. The Morgan fingerprint density at radius 3 is 2.61 bits per heavy atom. The van der Waals surface area contributed by atoms with Gasteiger partial charge in [0.05, 0.1) is 0 Å². The molecule has 0 unspecified atom stereocenters. The van der Waals surface area contributed by atoms with E-state index >= 15 is 0 Å². The maximum atomic E-state index is 11.8. The van der Waals surface area contributed by atoms with E-state index in [1.54, 1.807) is 0 Å². The third kappa shape index (κ3) is 1.62. The number of nitrogens with zero attached hydrogens (tertiary/aromatic N) is 2. The number of aromatic nitrogens is 3. The predicted molar refractivity (Wildman–Crippen MR) is 70.7 cm³/mol. The van der Waals surface area contributed by atoms with E-state index in [0.717, 1.165) is 16.8 Å². The van der Waals surface area contributed by atoms with Crippen molar-refractivity contribution in [1.82, 2.24) is 14.6 Å². The number of hydrogen-bond donors (Lipinski definition) is 1. The molecular formula is C14H13N3O. The first kappa shape index (κ1) is 10.8. The van der Waals surface area contributed by atoms with E-state index in [9.17, 15) is 4.79 Å². The minimum Gasteiger partial charge on any atom is -0.296 e. The van der Waals surface area contributed by atoms with Gasteiger partial charge in [0, 0.05) is 23.5 Å². The molecule has 18 heavy (non-hydrogen) atoms. The van der Waals surface area contributed by atoms with Crippen LogP contribution in [0.15, 0.2) is 41.3 Å². The van der Waals surface area contributed by atoms with Gasteiger partial charge >= 0.3 is 0 Å². The van der Waals surface area contributed by atoms with Crippen molar-refractivity contribution in [3.63, 3.8) is 0 Å². The molecule has 3 aromatic rings. The Bertz CT molecular complexity index is 766. The summed E-state index contributed by atoms with van der Waals surface area (Å²) in [6.07, 6.45) is 1.81. The van der Waals surface area contributed by atoms with Crippen LogP contribution in [0.1, 0.15) is 11.3 Å². The van der Waals surface area contributed by atoms with Crippen LogP contribution in [0.4, 0.5) is 0 Å². The monoisotopic (exact) mass is 239 g/mol. The van der Waals surface area contributed by atoms with Crippen molar-refractivity contribution in [1.29, 1.82) is 0 Å². The second-order valence-corrected chi connectivity index (χ2v) is 4.45. The summed E-state index contributed by atoms with van der Waals surface area (Å²) in [5.41, 5.74) is 4.51. The maximum Gasteiger partial charge on any atom is 0.272 e. The van der Waals surface area contributed by atoms with E-state index in [4.69, 9.17) is 0 Å². The molecule has 0 bridgehead atoms. The van der Waals surface area contributed by atoms with Crippen molar-refractivity contribution in [3.8, 4) is 11.1 Å². The van der Waals surface area contributed by atoms with Gasteiger partial charge in [-0.05, 0) is 19.4 Å². The third-order valence-corrected chi connectivity index (χ3v) is 2.99. The lowest BCUT2D eigenvalue weighted by molar-refractivity contribution is 0.890. The molecule has 0 atom stereocenters. The smallest absolute Gasteiger partial charge is 0.272 e. The summed E-state index contributed by atoms with van der Waals surface area (Å²) < 4.78 is 1.46. The topological polar surface area (TPSA) is 50.2 Å². The molecule has 1 N–H and O–H groups in total. The Morgan fingerprint density at radius 1 is 1.17 bits per heavy atom. The van der Waals surface area contributed by atoms with E-state index in [2.05, 4.69) is 10.1 Å². The standard InChI is InChI=1S/C14H13N3O/c1-9-3-5-11(6-4-9)12-8-15-17-13(18)7-10(2)16-14(12)17/h3-8,15H,1-2H3. The number of H-pyrrole nitrogens is 1. The van der Waals surface area contributed by atoms with Crippen LogP contribution in [0.2, 0.25) is 0 Å². The molecule has 0 spiro atoms. The Morgan fingerprint density at radius 2 is 1.89 bits per heavy atom. The van der Waals surface area contributed by atoms with Crippen molar-refractivity contribution in [2.75, 3.05) is 0 Å². The zero-order chi connectivity index (χ0) is 12.7. The quantitative estimate of drug-likeness (QED) is 0.708. The lowest BCUT2D eigenvalue weighted by Crippen LogP contribution is -2.14. The van der Waals surface area contributed by atoms with Gasteiger partial charge in [-0.15, -0.1) is 0 Å². The number of aromatic amines is 1. The van der Waals surface area contributed by atoms with Gasteiger partial charge < -0.3 is 0 Å². The molecule has 90 valence electrons. The first-order valence-electron chi connectivity index (χ1n) is 5.80. The van der Waals surface area contributed by atoms with Crippen LogP contribution in [-0.2, 0) is 0 Å². The van der Waals surface area contributed by atoms with Gasteiger partial charge in [-0.25, -0.2) is 9.50 Å². The number of hydrogen-bond acceptors (Lipinski definition) is 2. The molecule has 1 aromatic carbocycles. The van der Waals surface area contributed by atoms with Gasteiger partial charge in [0.15, 0.2) is 5.65 Å². The van der Waals surface area contributed by atoms with Crippen LogP contribution < -0.4 is 5.56 Å². The molecule has 0 aliphatic heterocycles. The largest absolute Gasteiger partial charge is 0.296 e. The molecular weight excluding hydrogens is 226 g/mol. The van der Waals surface area contributed by atoms with E-state index in [1.807, 2.05) is 44.3 Å². The number of rotatable bonds is 1. The molecule has 0 radical (unpaired) electrons. The maximum absolute atomic E-state index is 11.8. The van der Waals surface area contributed by atoms with Gasteiger partial charge in [0.1, 0.15) is 0 Å². The van der Waals surface area contributed by atoms with E-state index < -0.39 is 0 Å². The van der Waals surface area contributed by atoms with Crippen LogP contribution >= 0.6 is 0 Å². The molecule has 2 heterocycles. The zero-order valence-electron chi connectivity index (χ0n) is 10.3. The van der Waals surface area contributed by atoms with Crippen molar-refractivity contribution in [2.45, 2.75) is 13.8 Å². The average Bonchev–Trinajstić information content (AvgIpc) is 2.74. The summed E-state index contributed by atoms with van der Waals surface area (Å²) in [7, 11) is 0. The van der Waals surface area contributed by atoms with Gasteiger partial charge in [-0.2, -0.15) is 0 Å². The van der Waals surface area contributed by atoms with E-state index in [0.29, 0.717) is 5.65 Å². The summed E-state index contributed by atoms with van der Waals surface area (Å²) in [4.78, 5) is 16.2. The summed E-state index contributed by atoms with van der Waals surface area (Å²) >= 11 is 0. The Hall–Kier alpha value is -2.36. The van der Waals surface area contributed by atoms with Crippen molar-refractivity contribution in [3.05, 3.63) is 58.1 Å². The highest BCUT2D eigenvalue weighted by Crippen LogP contribution is 2.22. The normalized spacial score (nSPS) is 11.0. The zero-order valence-corrected chi connectivity index (χ0v) is 10.3. The Kier molecular flexibility index (Phi) is 2.30. The minimum absolute atomic E-state index is 0.0872. The summed E-state index contributed by atoms with van der Waals surface area (Å²) in [5, 5.41) is 2.94. The summed E-state index contributed by atoms with van der Waals surface area (Å²) in [6.45, 7) is 3.87. The van der Waals surface area contributed by atoms with Gasteiger partial charge in [-0.1, -0.05) is 29.8 Å². The Labute approximate surface area is 104 Å². The molecule has 0 saturated carbocycles. The molecule has 0 aliphatic rings. The number of fused-ring (bicyclic) bond motifs is 1. The fourth-order valence-corrected chi connectivity index (χ4v) is 2.04. The van der Waals surface area contributed by atoms with Crippen LogP contribution in [0.25, 0.3) is 16.8 Å². The van der Waals surface area contributed by atoms with Crippen LogP contribution in [0.5, 0.6) is 0 Å². The molecule has 3 rings (SSSR count). The third-order valence-electron chi connectivity index (χ3n) is 2.99. The van der Waals surface area contributed by atoms with Gasteiger partial charge in [0.25, 0.3) is 5.56 Å². The first-order valence-corrected chi connectivity index (χ1v) is 5.80. The molecule has 2 aromatic heterocycles. The lowest BCUT2D eigenvalue weighted by atomic mass is 10.1. The highest BCUT2D eigenvalue weighted by atomic mass is 16.1. The second-order valence-electron chi connectivity index (χ2n) is 4.45. The van der Waals surface area contributed by atoms with E-state index in [-0.39, 0.29) is 5.56 Å². The number of aryl methyl sites for hydroxylation is 2. The SMILES string of the molecule is Cc1ccc(-c2c[nH]n3c(=O)cc(C)nc23)cc1. The lowest BCUT2D eigenvalue weighted by Gasteiger charge is -2.00. The summed E-state index contributed by atoms with van der Waals surface area (Å²) in [6, 6.07) is 9.68. The molecule has 0 aliphatic carbocycles. The molecule has 4 heteroatoms. The van der Waals surface area contributed by atoms with Gasteiger partial charge in [0.2, 0.25) is 0 Å². The summed E-state index contributed by atoms with van der Waals surface area (Å²) in [5.74, 6) is 0. The van der Waals surface area contributed by atoms with Crippen molar-refractivity contribution in [2.24, 2.45) is 0 Å². The Balaban J connectivity index is 2.30. The molecule has 0 fully saturated rings. The van der Waals surface area contributed by atoms with E-state index in [1.165, 1.54) is 16.1 Å². The number of benzene rings is 1. The van der Waals surface area contributed by atoms with Crippen LogP contribution in [0, 0.1) is 13.8 Å². The van der Waals surface area contributed by atoms with Crippen molar-refractivity contribution >= 4 is 5.65 Å². The van der Waals surface area contributed by atoms with Crippen LogP contribution in [0.3, 0.4) is 0 Å². The van der Waals surface area contributed by atoms with Crippen molar-refractivity contribution < 1.29 is 0 Å². The van der Waals surface area contributed by atoms with Gasteiger partial charge in [-0.3, -0.25) is 9.89 Å². The highest BCUT2D eigenvalue weighted by molar-refractivity contribution is 5.76. The predicted octanol–water partition coefficient (Wildman–Crippen LogP) is 2.31. The van der Waals surface area contributed by atoms with Crippen LogP contribution in [-0.4, -0.2) is 14.6 Å². The molecule has 0 saturated heterocycles. The highest BCUT2D eigenvalue weighted by Gasteiger charge is 2.09. The fourth-order valence-electron chi connectivity index (χ4n) is 2.04. The molecule has 4 nitrogen and oxygen atoms in total. The fraction of sp³-hybridized carbons (Fsp3) is 0.143.